The highest BCUT2D eigenvalue weighted by Gasteiger charge is 2.40. The van der Waals surface area contributed by atoms with Crippen molar-refractivity contribution < 1.29 is 32.7 Å². The van der Waals surface area contributed by atoms with Crippen LogP contribution in [-0.2, 0) is 30.4 Å². The lowest BCUT2D eigenvalue weighted by Crippen LogP contribution is -2.48. The van der Waals surface area contributed by atoms with Crippen LogP contribution < -0.4 is 0 Å². The summed E-state index contributed by atoms with van der Waals surface area (Å²) in [6, 6.07) is 2.94. The van der Waals surface area contributed by atoms with Crippen molar-refractivity contribution in [3.8, 4) is 0 Å². The summed E-state index contributed by atoms with van der Waals surface area (Å²) in [7, 11) is 5.47. The maximum atomic E-state index is 13.7. The molecule has 1 atom stereocenters. The molecule has 0 aliphatic rings. The third-order valence-electron chi connectivity index (χ3n) is 6.27. The Morgan fingerprint density at radius 1 is 1.06 bits per heavy atom. The average molecular weight is 467 g/mol. The SMILES string of the molecule is BCC(B)C(C)(C)C(=O)N(Cc1cc(F)cc(F)c1)OC(=O)C(C)(C)OCCC(C)(C)OC. The summed E-state index contributed by atoms with van der Waals surface area (Å²) < 4.78 is 38.6. The number of halogens is 2. The number of ether oxygens (including phenoxy) is 2. The highest BCUT2D eigenvalue weighted by molar-refractivity contribution is 6.20. The van der Waals surface area contributed by atoms with Crippen LogP contribution in [0.1, 0.15) is 53.5 Å². The van der Waals surface area contributed by atoms with Crippen molar-refractivity contribution >= 4 is 27.6 Å². The first-order valence-electron chi connectivity index (χ1n) is 11.2. The van der Waals surface area contributed by atoms with E-state index in [1.807, 2.05) is 29.5 Å². The van der Waals surface area contributed by atoms with E-state index >= 15 is 0 Å². The lowest BCUT2D eigenvalue weighted by atomic mass is 9.61. The van der Waals surface area contributed by atoms with E-state index in [0.29, 0.717) is 6.42 Å². The highest BCUT2D eigenvalue weighted by Crippen LogP contribution is 2.35. The number of hydroxylamine groups is 2. The molecule has 0 bridgehead atoms. The molecule has 0 heterocycles. The van der Waals surface area contributed by atoms with Crippen LogP contribution in [0.15, 0.2) is 18.2 Å². The quantitative estimate of drug-likeness (QED) is 0.370. The van der Waals surface area contributed by atoms with Crippen molar-refractivity contribution in [1.82, 2.24) is 5.06 Å². The van der Waals surface area contributed by atoms with E-state index in [2.05, 4.69) is 0 Å². The molecule has 0 N–H and O–H groups in total. The Hall–Kier alpha value is -1.93. The minimum absolute atomic E-state index is 0.0315. The molecular weight excluding hydrogens is 430 g/mol. The number of hydrogen-bond acceptors (Lipinski definition) is 5. The molecule has 1 rings (SSSR count). The maximum Gasteiger partial charge on any atom is 0.363 e. The van der Waals surface area contributed by atoms with Gasteiger partial charge in [-0.2, -0.15) is 5.06 Å². The number of amides is 1. The normalized spacial score (nSPS) is 13.5. The predicted molar refractivity (Wildman–Crippen MR) is 128 cm³/mol. The van der Waals surface area contributed by atoms with Crippen molar-refractivity contribution in [3.05, 3.63) is 35.4 Å². The van der Waals surface area contributed by atoms with E-state index in [4.69, 9.17) is 14.3 Å². The lowest BCUT2D eigenvalue weighted by molar-refractivity contribution is -0.222. The second-order valence-corrected chi connectivity index (χ2v) is 10.1. The van der Waals surface area contributed by atoms with Crippen LogP contribution in [0.5, 0.6) is 0 Å². The van der Waals surface area contributed by atoms with Crippen LogP contribution in [0, 0.1) is 17.0 Å². The Morgan fingerprint density at radius 3 is 2.09 bits per heavy atom. The van der Waals surface area contributed by atoms with Gasteiger partial charge in [0.2, 0.25) is 0 Å². The standard InChI is InChI=1S/C23H37B2F2NO5/c1-21(2,31-7)8-9-32-23(5,6)20(30)33-28(19(29)22(3,4)18(25)13-24)14-15-10-16(26)12-17(27)11-15/h10-12,18H,8-9,13-14,24-25H2,1-7H3. The van der Waals surface area contributed by atoms with E-state index < -0.39 is 40.1 Å². The van der Waals surface area contributed by atoms with Gasteiger partial charge in [-0.3, -0.25) is 4.79 Å². The number of nitrogens with zero attached hydrogens (tertiary/aromatic N) is 1. The average Bonchev–Trinajstić information content (AvgIpc) is 2.70. The van der Waals surface area contributed by atoms with E-state index in [-0.39, 0.29) is 24.5 Å². The third kappa shape index (κ3) is 8.41. The summed E-state index contributed by atoms with van der Waals surface area (Å²) in [6.07, 6.45) is 1.26. The summed E-state index contributed by atoms with van der Waals surface area (Å²) >= 11 is 0. The van der Waals surface area contributed by atoms with Gasteiger partial charge in [-0.15, -0.1) is 0 Å². The molecule has 33 heavy (non-hydrogen) atoms. The Labute approximate surface area is 198 Å². The Balaban J connectivity index is 3.12. The summed E-state index contributed by atoms with van der Waals surface area (Å²) in [5, 5.41) is 0.882. The van der Waals surface area contributed by atoms with Crippen LogP contribution in [0.25, 0.3) is 0 Å². The fraction of sp³-hybridized carbons (Fsp3) is 0.652. The lowest BCUT2D eigenvalue weighted by Gasteiger charge is -2.36. The Kier molecular flexibility index (Phi) is 10.1. The van der Waals surface area contributed by atoms with Gasteiger partial charge < -0.3 is 14.3 Å². The molecule has 0 spiro atoms. The number of carbonyl (C=O) groups is 2. The van der Waals surface area contributed by atoms with Gasteiger partial charge in [0.15, 0.2) is 5.60 Å². The summed E-state index contributed by atoms with van der Waals surface area (Å²) in [4.78, 5) is 31.9. The zero-order valence-electron chi connectivity index (χ0n) is 21.4. The van der Waals surface area contributed by atoms with Crippen molar-refractivity contribution in [2.75, 3.05) is 13.7 Å². The number of carbonyl (C=O) groups excluding carboxylic acids is 2. The van der Waals surface area contributed by atoms with E-state index in [0.717, 1.165) is 29.6 Å². The van der Waals surface area contributed by atoms with Gasteiger partial charge >= 0.3 is 5.97 Å². The first kappa shape index (κ1) is 29.1. The van der Waals surface area contributed by atoms with Crippen LogP contribution >= 0.6 is 0 Å². The molecule has 0 radical (unpaired) electrons. The van der Waals surface area contributed by atoms with Crippen molar-refractivity contribution in [1.29, 1.82) is 0 Å². The fourth-order valence-electron chi connectivity index (χ4n) is 2.98. The molecule has 1 amide bonds. The van der Waals surface area contributed by atoms with Crippen LogP contribution in [0.4, 0.5) is 8.78 Å². The molecular formula is C23H37B2F2NO5. The molecule has 0 aliphatic heterocycles. The number of benzene rings is 1. The van der Waals surface area contributed by atoms with Gasteiger partial charge in [0, 0.05) is 18.6 Å². The molecule has 1 aromatic carbocycles. The second kappa shape index (κ2) is 11.5. The van der Waals surface area contributed by atoms with E-state index in [1.54, 1.807) is 34.8 Å². The van der Waals surface area contributed by atoms with Crippen LogP contribution in [-0.4, -0.2) is 57.6 Å². The van der Waals surface area contributed by atoms with Gasteiger partial charge in [-0.25, -0.2) is 13.6 Å². The van der Waals surface area contributed by atoms with E-state index in [9.17, 15) is 18.4 Å². The Bertz CT molecular complexity index is 813. The molecule has 10 heteroatoms. The molecule has 0 aliphatic carbocycles. The number of hydrogen-bond donors (Lipinski definition) is 0. The molecule has 1 unspecified atom stereocenters. The largest absolute Gasteiger partial charge is 0.379 e. The van der Waals surface area contributed by atoms with Crippen molar-refractivity contribution in [3.63, 3.8) is 0 Å². The smallest absolute Gasteiger partial charge is 0.363 e. The number of methoxy groups -OCH3 is 1. The molecule has 0 saturated carbocycles. The van der Waals surface area contributed by atoms with Crippen molar-refractivity contribution in [2.24, 2.45) is 5.41 Å². The molecule has 6 nitrogen and oxygen atoms in total. The van der Waals surface area contributed by atoms with E-state index in [1.165, 1.54) is 0 Å². The Morgan fingerprint density at radius 2 is 1.61 bits per heavy atom. The second-order valence-electron chi connectivity index (χ2n) is 10.1. The molecule has 0 fully saturated rings. The predicted octanol–water partition coefficient (Wildman–Crippen LogP) is 2.86. The van der Waals surface area contributed by atoms with Crippen molar-refractivity contribution in [2.45, 2.75) is 77.8 Å². The zero-order valence-corrected chi connectivity index (χ0v) is 21.4. The first-order chi connectivity index (χ1) is 15.1. The molecule has 1 aromatic rings. The minimum atomic E-state index is -1.37. The van der Waals surface area contributed by atoms with Gasteiger partial charge in [0.25, 0.3) is 5.91 Å². The first-order valence-corrected chi connectivity index (χ1v) is 11.2. The van der Waals surface area contributed by atoms with Gasteiger partial charge in [0.1, 0.15) is 27.3 Å². The van der Waals surface area contributed by atoms with Gasteiger partial charge in [-0.05, 0) is 51.8 Å². The molecule has 184 valence electrons. The highest BCUT2D eigenvalue weighted by atomic mass is 19.1. The van der Waals surface area contributed by atoms with Crippen LogP contribution in [0.2, 0.25) is 12.1 Å². The minimum Gasteiger partial charge on any atom is -0.379 e. The maximum absolute atomic E-state index is 13.7. The monoisotopic (exact) mass is 467 g/mol. The summed E-state index contributed by atoms with van der Waals surface area (Å²) in [5.41, 5.74) is -2.51. The topological polar surface area (TPSA) is 65.1 Å². The van der Waals surface area contributed by atoms with Crippen LogP contribution in [0.3, 0.4) is 0 Å². The molecule has 0 saturated heterocycles. The summed E-state index contributed by atoms with van der Waals surface area (Å²) in [5.74, 6) is -2.85. The number of rotatable bonds is 11. The third-order valence-corrected chi connectivity index (χ3v) is 6.27. The summed E-state index contributed by atoms with van der Waals surface area (Å²) in [6.45, 7) is 10.3. The zero-order chi connectivity index (χ0) is 25.6. The van der Waals surface area contributed by atoms with Gasteiger partial charge in [-0.1, -0.05) is 26.0 Å². The molecule has 0 aromatic heterocycles. The van der Waals surface area contributed by atoms with Gasteiger partial charge in [0.05, 0.1) is 18.8 Å². The fourth-order valence-corrected chi connectivity index (χ4v) is 2.98.